The van der Waals surface area contributed by atoms with Crippen molar-refractivity contribution in [2.24, 2.45) is 0 Å². The molecule has 0 aromatic rings. The molecule has 5 nitrogen and oxygen atoms in total. The Hall–Kier alpha value is -0.650. The van der Waals surface area contributed by atoms with Crippen molar-refractivity contribution in [1.82, 2.24) is 10.6 Å². The molecule has 0 bridgehead atoms. The van der Waals surface area contributed by atoms with Gasteiger partial charge in [-0.2, -0.15) is 0 Å². The molecular formula is C8H18N2O3. The number of nitrogens with one attached hydrogen (secondary N) is 2. The molecule has 0 spiro atoms. The van der Waals surface area contributed by atoms with Crippen molar-refractivity contribution in [3.63, 3.8) is 0 Å². The summed E-state index contributed by atoms with van der Waals surface area (Å²) < 4.78 is 4.79. The van der Waals surface area contributed by atoms with Gasteiger partial charge in [-0.05, 0) is 6.92 Å². The SMILES string of the molecule is COCCNCC(=O)NC[C@@H](C)O. The highest BCUT2D eigenvalue weighted by Crippen LogP contribution is 1.74. The average Bonchev–Trinajstić information content (AvgIpc) is 2.09. The van der Waals surface area contributed by atoms with Crippen molar-refractivity contribution in [3.05, 3.63) is 0 Å². The zero-order valence-corrected chi connectivity index (χ0v) is 8.17. The van der Waals surface area contributed by atoms with Crippen LogP contribution in [-0.2, 0) is 9.53 Å². The van der Waals surface area contributed by atoms with Crippen LogP contribution in [0.25, 0.3) is 0 Å². The standard InChI is InChI=1S/C8H18N2O3/c1-7(11)5-10-8(12)6-9-3-4-13-2/h7,9,11H,3-6H2,1-2H3,(H,10,12)/t7-/m1/s1. The summed E-state index contributed by atoms with van der Waals surface area (Å²) in [5.41, 5.74) is 0. The van der Waals surface area contributed by atoms with E-state index in [-0.39, 0.29) is 12.5 Å². The Labute approximate surface area is 78.5 Å². The van der Waals surface area contributed by atoms with E-state index in [2.05, 4.69) is 10.6 Å². The molecule has 0 aromatic heterocycles. The van der Waals surface area contributed by atoms with Gasteiger partial charge < -0.3 is 20.5 Å². The number of amides is 1. The third kappa shape index (κ3) is 9.26. The summed E-state index contributed by atoms with van der Waals surface area (Å²) in [5.74, 6) is -0.114. The molecule has 13 heavy (non-hydrogen) atoms. The summed E-state index contributed by atoms with van der Waals surface area (Å²) >= 11 is 0. The lowest BCUT2D eigenvalue weighted by atomic mass is 10.4. The number of methoxy groups -OCH3 is 1. The first-order chi connectivity index (χ1) is 6.16. The zero-order valence-electron chi connectivity index (χ0n) is 8.17. The maximum Gasteiger partial charge on any atom is 0.234 e. The van der Waals surface area contributed by atoms with E-state index in [1.54, 1.807) is 14.0 Å². The predicted octanol–water partition coefficient (Wildman–Crippen LogP) is -1.28. The molecule has 1 atom stereocenters. The second-order valence-corrected chi connectivity index (χ2v) is 2.82. The van der Waals surface area contributed by atoms with E-state index in [0.29, 0.717) is 19.7 Å². The average molecular weight is 190 g/mol. The van der Waals surface area contributed by atoms with Crippen LogP contribution in [0.4, 0.5) is 0 Å². The van der Waals surface area contributed by atoms with Crippen molar-refractivity contribution < 1.29 is 14.6 Å². The van der Waals surface area contributed by atoms with Crippen molar-refractivity contribution in [2.45, 2.75) is 13.0 Å². The first-order valence-electron chi connectivity index (χ1n) is 4.31. The van der Waals surface area contributed by atoms with Gasteiger partial charge >= 0.3 is 0 Å². The van der Waals surface area contributed by atoms with E-state index in [4.69, 9.17) is 9.84 Å². The number of ether oxygens (including phenoxy) is 1. The van der Waals surface area contributed by atoms with Gasteiger partial charge in [-0.3, -0.25) is 4.79 Å². The molecule has 0 aromatic carbocycles. The number of carbonyl (C=O) groups is 1. The molecule has 0 heterocycles. The van der Waals surface area contributed by atoms with Crippen LogP contribution >= 0.6 is 0 Å². The topological polar surface area (TPSA) is 70.6 Å². The summed E-state index contributed by atoms with van der Waals surface area (Å²) in [5, 5.41) is 14.3. The van der Waals surface area contributed by atoms with Crippen molar-refractivity contribution in [2.75, 3.05) is 33.4 Å². The lowest BCUT2D eigenvalue weighted by Crippen LogP contribution is -2.38. The molecule has 1 amide bonds. The summed E-state index contributed by atoms with van der Waals surface area (Å²) in [6.45, 7) is 3.42. The molecular weight excluding hydrogens is 172 g/mol. The largest absolute Gasteiger partial charge is 0.392 e. The lowest BCUT2D eigenvalue weighted by Gasteiger charge is -2.07. The lowest BCUT2D eigenvalue weighted by molar-refractivity contribution is -0.120. The Morgan fingerprint density at radius 3 is 2.85 bits per heavy atom. The Bertz CT molecular complexity index is 139. The summed E-state index contributed by atoms with van der Waals surface area (Å²) in [6, 6.07) is 0. The molecule has 5 heteroatoms. The third-order valence-electron chi connectivity index (χ3n) is 1.36. The molecule has 78 valence electrons. The monoisotopic (exact) mass is 190 g/mol. The fourth-order valence-corrected chi connectivity index (χ4v) is 0.700. The van der Waals surface area contributed by atoms with E-state index in [9.17, 15) is 4.79 Å². The Balaban J connectivity index is 3.20. The Kier molecular flexibility index (Phi) is 7.57. The molecule has 0 rings (SSSR count). The van der Waals surface area contributed by atoms with Crippen LogP contribution in [-0.4, -0.2) is 50.5 Å². The first-order valence-corrected chi connectivity index (χ1v) is 4.31. The number of aliphatic hydroxyl groups excluding tert-OH is 1. The minimum Gasteiger partial charge on any atom is -0.392 e. The molecule has 0 saturated carbocycles. The van der Waals surface area contributed by atoms with Gasteiger partial charge in [0, 0.05) is 20.2 Å². The van der Waals surface area contributed by atoms with E-state index in [1.807, 2.05) is 0 Å². The van der Waals surface area contributed by atoms with Gasteiger partial charge in [0.05, 0.1) is 19.3 Å². The van der Waals surface area contributed by atoms with Crippen molar-refractivity contribution in [3.8, 4) is 0 Å². The molecule has 0 fully saturated rings. The zero-order chi connectivity index (χ0) is 10.1. The van der Waals surface area contributed by atoms with Gasteiger partial charge in [-0.25, -0.2) is 0 Å². The van der Waals surface area contributed by atoms with Crippen LogP contribution in [0, 0.1) is 0 Å². The van der Waals surface area contributed by atoms with Gasteiger partial charge in [0.25, 0.3) is 0 Å². The molecule has 3 N–H and O–H groups in total. The second-order valence-electron chi connectivity index (χ2n) is 2.82. The van der Waals surface area contributed by atoms with Gasteiger partial charge in [0.2, 0.25) is 5.91 Å². The van der Waals surface area contributed by atoms with Crippen LogP contribution in [0.15, 0.2) is 0 Å². The maximum absolute atomic E-state index is 11.0. The highest BCUT2D eigenvalue weighted by Gasteiger charge is 2.01. The van der Waals surface area contributed by atoms with Crippen LogP contribution in [0.2, 0.25) is 0 Å². The van der Waals surface area contributed by atoms with Gasteiger partial charge in [0.1, 0.15) is 0 Å². The van der Waals surface area contributed by atoms with Crippen molar-refractivity contribution in [1.29, 1.82) is 0 Å². The second kappa shape index (κ2) is 7.97. The molecule has 0 saturated heterocycles. The summed E-state index contributed by atoms with van der Waals surface area (Å²) in [6.07, 6.45) is -0.497. The summed E-state index contributed by atoms with van der Waals surface area (Å²) in [4.78, 5) is 11.0. The Morgan fingerprint density at radius 1 is 1.62 bits per heavy atom. The highest BCUT2D eigenvalue weighted by atomic mass is 16.5. The molecule has 0 unspecified atom stereocenters. The number of rotatable bonds is 7. The molecule has 0 aliphatic heterocycles. The fraction of sp³-hybridized carbons (Fsp3) is 0.875. The number of hydrogen-bond acceptors (Lipinski definition) is 4. The van der Waals surface area contributed by atoms with Crippen LogP contribution in [0.1, 0.15) is 6.92 Å². The van der Waals surface area contributed by atoms with E-state index >= 15 is 0 Å². The van der Waals surface area contributed by atoms with Gasteiger partial charge in [-0.1, -0.05) is 0 Å². The number of hydrogen-bond donors (Lipinski definition) is 3. The molecule has 0 aliphatic rings. The number of carbonyl (C=O) groups excluding carboxylic acids is 1. The van der Waals surface area contributed by atoms with E-state index in [0.717, 1.165) is 0 Å². The fourth-order valence-electron chi connectivity index (χ4n) is 0.700. The van der Waals surface area contributed by atoms with Crippen LogP contribution in [0.5, 0.6) is 0 Å². The first kappa shape index (κ1) is 12.3. The van der Waals surface area contributed by atoms with Gasteiger partial charge in [-0.15, -0.1) is 0 Å². The maximum atomic E-state index is 11.0. The molecule has 0 radical (unpaired) electrons. The minimum absolute atomic E-state index is 0.114. The third-order valence-corrected chi connectivity index (χ3v) is 1.36. The predicted molar refractivity (Wildman–Crippen MR) is 49.4 cm³/mol. The summed E-state index contributed by atoms with van der Waals surface area (Å²) in [7, 11) is 1.61. The molecule has 0 aliphatic carbocycles. The quantitative estimate of drug-likeness (QED) is 0.437. The van der Waals surface area contributed by atoms with Crippen molar-refractivity contribution >= 4 is 5.91 Å². The minimum atomic E-state index is -0.497. The van der Waals surface area contributed by atoms with E-state index in [1.165, 1.54) is 0 Å². The Morgan fingerprint density at radius 2 is 2.31 bits per heavy atom. The van der Waals surface area contributed by atoms with E-state index < -0.39 is 6.10 Å². The number of aliphatic hydroxyl groups is 1. The smallest absolute Gasteiger partial charge is 0.234 e. The van der Waals surface area contributed by atoms with Crippen LogP contribution < -0.4 is 10.6 Å². The normalized spacial score (nSPS) is 12.5. The van der Waals surface area contributed by atoms with Gasteiger partial charge in [0.15, 0.2) is 0 Å². The van der Waals surface area contributed by atoms with Crippen LogP contribution in [0.3, 0.4) is 0 Å². The highest BCUT2D eigenvalue weighted by molar-refractivity contribution is 5.77.